The Morgan fingerprint density at radius 3 is 2.30 bits per heavy atom. The summed E-state index contributed by atoms with van der Waals surface area (Å²) >= 11 is 3.30. The number of nitrogens with two attached hydrogens (primary N) is 1. The van der Waals surface area contributed by atoms with Gasteiger partial charge in [0.1, 0.15) is 5.70 Å². The van der Waals surface area contributed by atoms with E-state index in [9.17, 15) is 9.59 Å². The lowest BCUT2D eigenvalue weighted by molar-refractivity contribution is -0.114. The maximum Gasteiger partial charge on any atom is 0.265 e. The molecule has 0 radical (unpaired) electrons. The largest absolute Gasteiger partial charge is 0.364 e. The molecule has 3 N–H and O–H groups in total. The molecule has 5 heteroatoms. The fraction of sp³-hybridized carbons (Fsp3) is 0. The molecule has 0 bridgehead atoms. The SMILES string of the molecule is NC(=O)/C(=C\C=C\c1ccccc1)NC(=O)c1ccccc1Br. The number of carbonyl (C=O) groups excluding carboxylic acids is 2. The molecule has 116 valence electrons. The standard InChI is InChI=1S/C18H15BrN2O2/c19-15-11-5-4-10-14(15)18(23)21-16(17(20)22)12-6-9-13-7-2-1-3-8-13/h1-12H,(H2,20,22)(H,21,23)/b9-6+,16-12+. The third kappa shape index (κ3) is 4.93. The van der Waals surface area contributed by atoms with E-state index in [1.54, 1.807) is 30.3 Å². The Morgan fingerprint density at radius 1 is 1.00 bits per heavy atom. The zero-order valence-corrected chi connectivity index (χ0v) is 13.8. The highest BCUT2D eigenvalue weighted by Gasteiger charge is 2.13. The van der Waals surface area contributed by atoms with E-state index in [2.05, 4.69) is 21.2 Å². The van der Waals surface area contributed by atoms with Gasteiger partial charge < -0.3 is 11.1 Å². The second-order valence-electron chi connectivity index (χ2n) is 4.65. The predicted molar refractivity (Wildman–Crippen MR) is 94.4 cm³/mol. The van der Waals surface area contributed by atoms with Crippen molar-refractivity contribution >= 4 is 33.8 Å². The molecule has 0 aliphatic heterocycles. The first-order valence-corrected chi connectivity index (χ1v) is 7.66. The first kappa shape index (κ1) is 16.7. The van der Waals surface area contributed by atoms with E-state index in [1.165, 1.54) is 6.08 Å². The minimum absolute atomic E-state index is 0.0259. The number of carbonyl (C=O) groups is 2. The van der Waals surface area contributed by atoms with Crippen LogP contribution in [0.25, 0.3) is 6.08 Å². The maximum absolute atomic E-state index is 12.2. The van der Waals surface area contributed by atoms with Gasteiger partial charge in [-0.25, -0.2) is 0 Å². The number of benzene rings is 2. The number of hydrogen-bond acceptors (Lipinski definition) is 2. The van der Waals surface area contributed by atoms with Crippen molar-refractivity contribution in [2.75, 3.05) is 0 Å². The number of nitrogens with one attached hydrogen (secondary N) is 1. The summed E-state index contributed by atoms with van der Waals surface area (Å²) < 4.78 is 0.640. The minimum atomic E-state index is -0.705. The Kier molecular flexibility index (Phi) is 5.88. The van der Waals surface area contributed by atoms with Gasteiger partial charge in [-0.15, -0.1) is 0 Å². The molecule has 0 spiro atoms. The molecular formula is C18H15BrN2O2. The second-order valence-corrected chi connectivity index (χ2v) is 5.50. The summed E-state index contributed by atoms with van der Waals surface area (Å²) in [7, 11) is 0. The van der Waals surface area contributed by atoms with Gasteiger partial charge in [-0.2, -0.15) is 0 Å². The molecule has 2 aromatic carbocycles. The fourth-order valence-electron chi connectivity index (χ4n) is 1.84. The summed E-state index contributed by atoms with van der Waals surface area (Å²) in [4.78, 5) is 23.7. The van der Waals surface area contributed by atoms with Gasteiger partial charge in [0.05, 0.1) is 5.56 Å². The molecular weight excluding hydrogens is 356 g/mol. The van der Waals surface area contributed by atoms with Crippen molar-refractivity contribution in [2.24, 2.45) is 5.73 Å². The third-order valence-electron chi connectivity index (χ3n) is 2.98. The van der Waals surface area contributed by atoms with Gasteiger partial charge >= 0.3 is 0 Å². The van der Waals surface area contributed by atoms with Crippen LogP contribution in [0, 0.1) is 0 Å². The number of amides is 2. The van der Waals surface area contributed by atoms with E-state index in [-0.39, 0.29) is 5.70 Å². The summed E-state index contributed by atoms with van der Waals surface area (Å²) in [6.45, 7) is 0. The van der Waals surface area contributed by atoms with Crippen molar-refractivity contribution in [3.8, 4) is 0 Å². The van der Waals surface area contributed by atoms with Gasteiger partial charge in [0.15, 0.2) is 0 Å². The molecule has 2 amide bonds. The van der Waals surface area contributed by atoms with Crippen LogP contribution in [-0.2, 0) is 4.79 Å². The molecule has 0 heterocycles. The average Bonchev–Trinajstić information content (AvgIpc) is 2.55. The summed E-state index contributed by atoms with van der Waals surface area (Å²) in [5.74, 6) is -1.11. The Bertz CT molecular complexity index is 768. The van der Waals surface area contributed by atoms with Gasteiger partial charge in [0.25, 0.3) is 11.8 Å². The van der Waals surface area contributed by atoms with Crippen molar-refractivity contribution in [1.29, 1.82) is 0 Å². The number of rotatable bonds is 5. The van der Waals surface area contributed by atoms with Gasteiger partial charge in [-0.3, -0.25) is 9.59 Å². The summed E-state index contributed by atoms with van der Waals surface area (Å²) in [6.07, 6.45) is 4.95. The Hall–Kier alpha value is -2.66. The van der Waals surface area contributed by atoms with Crippen LogP contribution in [0.5, 0.6) is 0 Å². The fourth-order valence-corrected chi connectivity index (χ4v) is 2.30. The maximum atomic E-state index is 12.2. The molecule has 0 aliphatic rings. The predicted octanol–water partition coefficient (Wildman–Crippen LogP) is 3.26. The van der Waals surface area contributed by atoms with E-state index in [0.717, 1.165) is 5.56 Å². The average molecular weight is 371 g/mol. The van der Waals surface area contributed by atoms with Crippen LogP contribution in [0.3, 0.4) is 0 Å². The van der Waals surface area contributed by atoms with Crippen LogP contribution in [0.2, 0.25) is 0 Å². The molecule has 0 unspecified atom stereocenters. The van der Waals surface area contributed by atoms with E-state index in [1.807, 2.05) is 36.4 Å². The lowest BCUT2D eigenvalue weighted by atomic mass is 10.2. The molecule has 2 aromatic rings. The highest BCUT2D eigenvalue weighted by molar-refractivity contribution is 9.10. The number of primary amides is 1. The topological polar surface area (TPSA) is 72.2 Å². The van der Waals surface area contributed by atoms with Gasteiger partial charge in [0.2, 0.25) is 0 Å². The summed E-state index contributed by atoms with van der Waals surface area (Å²) in [6, 6.07) is 16.5. The molecule has 4 nitrogen and oxygen atoms in total. The molecule has 0 aliphatic carbocycles. The molecule has 0 atom stereocenters. The van der Waals surface area contributed by atoms with Crippen molar-refractivity contribution in [1.82, 2.24) is 5.32 Å². The van der Waals surface area contributed by atoms with Crippen LogP contribution >= 0.6 is 15.9 Å². The normalized spacial score (nSPS) is 11.4. The zero-order valence-electron chi connectivity index (χ0n) is 12.2. The van der Waals surface area contributed by atoms with Gasteiger partial charge in [-0.1, -0.05) is 54.6 Å². The third-order valence-corrected chi connectivity index (χ3v) is 3.67. The Balaban J connectivity index is 2.14. The van der Waals surface area contributed by atoms with Crippen molar-refractivity contribution in [3.05, 3.63) is 88.0 Å². The number of hydrogen-bond donors (Lipinski definition) is 2. The Labute approximate surface area is 142 Å². The van der Waals surface area contributed by atoms with Crippen molar-refractivity contribution in [3.63, 3.8) is 0 Å². The molecule has 0 aromatic heterocycles. The lowest BCUT2D eigenvalue weighted by Crippen LogP contribution is -2.31. The summed E-state index contributed by atoms with van der Waals surface area (Å²) in [5, 5.41) is 2.53. The summed E-state index contributed by atoms with van der Waals surface area (Å²) in [5.41, 5.74) is 6.74. The first-order chi connectivity index (χ1) is 11.1. The van der Waals surface area contributed by atoms with Crippen LogP contribution in [0.1, 0.15) is 15.9 Å². The molecule has 0 saturated carbocycles. The quantitative estimate of drug-likeness (QED) is 0.626. The van der Waals surface area contributed by atoms with E-state index >= 15 is 0 Å². The molecule has 0 saturated heterocycles. The molecule has 0 fully saturated rings. The highest BCUT2D eigenvalue weighted by atomic mass is 79.9. The van der Waals surface area contributed by atoms with E-state index < -0.39 is 11.8 Å². The van der Waals surface area contributed by atoms with Crippen molar-refractivity contribution < 1.29 is 9.59 Å². The number of allylic oxidation sites excluding steroid dienone is 2. The zero-order chi connectivity index (χ0) is 16.7. The van der Waals surface area contributed by atoms with Gasteiger partial charge in [0, 0.05) is 4.47 Å². The number of halogens is 1. The smallest absolute Gasteiger partial charge is 0.265 e. The van der Waals surface area contributed by atoms with Crippen LogP contribution in [-0.4, -0.2) is 11.8 Å². The van der Waals surface area contributed by atoms with Crippen LogP contribution < -0.4 is 11.1 Å². The Morgan fingerprint density at radius 2 is 1.65 bits per heavy atom. The van der Waals surface area contributed by atoms with Crippen LogP contribution in [0.4, 0.5) is 0 Å². The lowest BCUT2D eigenvalue weighted by Gasteiger charge is -2.07. The van der Waals surface area contributed by atoms with E-state index in [0.29, 0.717) is 10.0 Å². The second kappa shape index (κ2) is 8.10. The van der Waals surface area contributed by atoms with Gasteiger partial charge in [-0.05, 0) is 39.7 Å². The first-order valence-electron chi connectivity index (χ1n) is 6.87. The van der Waals surface area contributed by atoms with Crippen molar-refractivity contribution in [2.45, 2.75) is 0 Å². The van der Waals surface area contributed by atoms with E-state index in [4.69, 9.17) is 5.73 Å². The molecule has 2 rings (SSSR count). The van der Waals surface area contributed by atoms with Crippen LogP contribution in [0.15, 0.2) is 76.9 Å². The monoisotopic (exact) mass is 370 g/mol. The minimum Gasteiger partial charge on any atom is -0.364 e. The highest BCUT2D eigenvalue weighted by Crippen LogP contribution is 2.15. The molecule has 23 heavy (non-hydrogen) atoms.